The zero-order chi connectivity index (χ0) is 53.8. The van der Waals surface area contributed by atoms with E-state index in [1.165, 1.54) is 6.08 Å². The maximum atomic E-state index is 12.4. The van der Waals surface area contributed by atoms with Crippen molar-refractivity contribution in [2.24, 2.45) is 23.7 Å². The van der Waals surface area contributed by atoms with E-state index in [2.05, 4.69) is 39.8 Å². The minimum Gasteiger partial charge on any atom is -0.393 e. The van der Waals surface area contributed by atoms with Gasteiger partial charge in [-0.3, -0.25) is 0 Å². The second kappa shape index (κ2) is 22.2. The normalized spacial score (nSPS) is 56.5. The average Bonchev–Trinajstić information content (AvgIpc) is 3.74. The zero-order valence-corrected chi connectivity index (χ0v) is 45.8. The summed E-state index contributed by atoms with van der Waals surface area (Å²) >= 11 is 0. The van der Waals surface area contributed by atoms with Crippen molar-refractivity contribution >= 4 is 0 Å². The SMILES string of the molecule is CC1CC2OC3C(CC2OC2CC4OC5C/C=C\CC6OC7C=CC8OC9C(CC8OC7C=CC6OC5CC(O)C4(C)OC2C1)OC1CC=CC(/C=C\C(O)CO)OC1C9O)OC1C(C)C(C)C2(CCCO2)OC1C(O)C3C. The first kappa shape index (κ1) is 55.2. The smallest absolute Gasteiger partial charge is 0.171 e. The van der Waals surface area contributed by atoms with Gasteiger partial charge >= 0.3 is 0 Å². The molecule has 0 aromatic carbocycles. The Balaban J connectivity index is 0.678. The highest BCUT2D eigenvalue weighted by Gasteiger charge is 2.62. The lowest BCUT2D eigenvalue weighted by atomic mass is 9.76. The summed E-state index contributed by atoms with van der Waals surface area (Å²) in [5.74, 6) is -0.520. The summed E-state index contributed by atoms with van der Waals surface area (Å²) in [6, 6.07) is 0. The molecular formula is C60H86O18. The predicted octanol–water partition coefficient (Wildman–Crippen LogP) is 4.00. The van der Waals surface area contributed by atoms with Crippen molar-refractivity contribution in [1.29, 1.82) is 0 Å². The highest BCUT2D eigenvalue weighted by Crippen LogP contribution is 2.52. The third-order valence-corrected chi connectivity index (χ3v) is 20.6. The van der Waals surface area contributed by atoms with Gasteiger partial charge in [0.25, 0.3) is 0 Å². The predicted molar refractivity (Wildman–Crippen MR) is 278 cm³/mol. The molecule has 13 aliphatic rings. The van der Waals surface area contributed by atoms with Crippen molar-refractivity contribution in [2.75, 3.05) is 13.2 Å². The molecule has 78 heavy (non-hydrogen) atoms. The topological polar surface area (TPSA) is 221 Å². The van der Waals surface area contributed by atoms with Gasteiger partial charge in [0.1, 0.15) is 54.4 Å². The van der Waals surface area contributed by atoms with Crippen LogP contribution in [0, 0.1) is 23.7 Å². The zero-order valence-electron chi connectivity index (χ0n) is 45.8. The molecule has 32 atom stereocenters. The number of fused-ring (bicyclic) bond motifs is 11. The van der Waals surface area contributed by atoms with Crippen molar-refractivity contribution in [3.63, 3.8) is 0 Å². The summed E-state index contributed by atoms with van der Waals surface area (Å²) in [5, 5.41) is 55.4. The van der Waals surface area contributed by atoms with Crippen LogP contribution < -0.4 is 0 Å². The molecule has 18 nitrogen and oxygen atoms in total. The molecule has 18 heteroatoms. The number of rotatable bonds is 3. The van der Waals surface area contributed by atoms with Gasteiger partial charge in [0.15, 0.2) is 5.79 Å². The third-order valence-electron chi connectivity index (χ3n) is 20.6. The number of ether oxygens (including phenoxy) is 13. The van der Waals surface area contributed by atoms with Crippen LogP contribution in [0.25, 0.3) is 0 Å². The molecule has 13 aliphatic heterocycles. The molecule has 434 valence electrons. The molecule has 0 aromatic heterocycles. The van der Waals surface area contributed by atoms with Crippen LogP contribution in [0.2, 0.25) is 0 Å². The van der Waals surface area contributed by atoms with E-state index in [-0.39, 0.29) is 84.7 Å². The molecule has 0 saturated carbocycles. The summed E-state index contributed by atoms with van der Waals surface area (Å²) in [7, 11) is 0. The van der Waals surface area contributed by atoms with E-state index >= 15 is 0 Å². The van der Waals surface area contributed by atoms with Crippen LogP contribution in [0.15, 0.2) is 60.8 Å². The molecule has 9 saturated heterocycles. The molecule has 0 radical (unpaired) electrons. The first-order chi connectivity index (χ1) is 37.6. The number of aliphatic hydroxyl groups is 5. The Morgan fingerprint density at radius 1 is 0.526 bits per heavy atom. The summed E-state index contributed by atoms with van der Waals surface area (Å²) in [4.78, 5) is 0. The van der Waals surface area contributed by atoms with Crippen LogP contribution in [0.4, 0.5) is 0 Å². The Kier molecular flexibility index (Phi) is 15.7. The van der Waals surface area contributed by atoms with Crippen LogP contribution in [0.3, 0.4) is 0 Å². The van der Waals surface area contributed by atoms with Crippen LogP contribution >= 0.6 is 0 Å². The van der Waals surface area contributed by atoms with Crippen molar-refractivity contribution in [1.82, 2.24) is 0 Å². The van der Waals surface area contributed by atoms with E-state index in [0.29, 0.717) is 51.6 Å². The number of aliphatic hydroxyl groups excluding tert-OH is 5. The molecule has 0 aliphatic carbocycles. The largest absolute Gasteiger partial charge is 0.393 e. The quantitative estimate of drug-likeness (QED) is 0.252. The fraction of sp³-hybridized carbons (Fsp3) is 0.833. The minimum atomic E-state index is -1.02. The molecule has 0 aromatic rings. The lowest BCUT2D eigenvalue weighted by Crippen LogP contribution is -2.63. The lowest BCUT2D eigenvalue weighted by Gasteiger charge is -2.53. The highest BCUT2D eigenvalue weighted by molar-refractivity contribution is 5.18. The number of hydrogen-bond acceptors (Lipinski definition) is 18. The molecule has 32 unspecified atom stereocenters. The van der Waals surface area contributed by atoms with Gasteiger partial charge in [-0.25, -0.2) is 0 Å². The van der Waals surface area contributed by atoms with Gasteiger partial charge < -0.3 is 87.1 Å². The molecule has 9 fully saturated rings. The lowest BCUT2D eigenvalue weighted by molar-refractivity contribution is -0.339. The van der Waals surface area contributed by atoms with Crippen LogP contribution in [-0.4, -0.2) is 209 Å². The fourth-order valence-corrected chi connectivity index (χ4v) is 15.9. The van der Waals surface area contributed by atoms with E-state index in [4.69, 9.17) is 61.6 Å². The average molecular weight is 1100 g/mol. The van der Waals surface area contributed by atoms with Crippen molar-refractivity contribution in [3.05, 3.63) is 60.8 Å². The van der Waals surface area contributed by atoms with E-state index < -0.39 is 116 Å². The summed E-state index contributed by atoms with van der Waals surface area (Å²) < 4.78 is 89.3. The molecule has 0 bridgehead atoms. The second-order valence-electron chi connectivity index (χ2n) is 25.6. The first-order valence-electron chi connectivity index (χ1n) is 29.9. The highest BCUT2D eigenvalue weighted by atomic mass is 16.7. The maximum Gasteiger partial charge on any atom is 0.171 e. The van der Waals surface area contributed by atoms with Crippen molar-refractivity contribution in [3.8, 4) is 0 Å². The monoisotopic (exact) mass is 1090 g/mol. The molecular weight excluding hydrogens is 1010 g/mol. The summed E-state index contributed by atoms with van der Waals surface area (Å²) in [6.45, 7) is 11.0. The fourth-order valence-electron chi connectivity index (χ4n) is 15.9. The summed E-state index contributed by atoms with van der Waals surface area (Å²) in [5.41, 5.74) is -1.02. The van der Waals surface area contributed by atoms with Gasteiger partial charge in [0.2, 0.25) is 0 Å². The minimum absolute atomic E-state index is 0.0912. The van der Waals surface area contributed by atoms with Gasteiger partial charge in [0.05, 0.1) is 123 Å². The Morgan fingerprint density at radius 2 is 1.15 bits per heavy atom. The van der Waals surface area contributed by atoms with Gasteiger partial charge in [-0.1, -0.05) is 88.5 Å². The molecule has 1 spiro atoms. The van der Waals surface area contributed by atoms with E-state index in [0.717, 1.165) is 25.7 Å². The van der Waals surface area contributed by atoms with Crippen LogP contribution in [0.5, 0.6) is 0 Å². The van der Waals surface area contributed by atoms with Gasteiger partial charge in [-0.2, -0.15) is 0 Å². The van der Waals surface area contributed by atoms with E-state index in [1.807, 2.05) is 43.4 Å². The third kappa shape index (κ3) is 10.2. The Hall–Kier alpha value is -2.02. The Labute approximate surface area is 458 Å². The molecule has 5 N–H and O–H groups in total. The molecule has 13 heterocycles. The van der Waals surface area contributed by atoms with Gasteiger partial charge in [-0.05, 0) is 57.3 Å². The number of hydrogen-bond donors (Lipinski definition) is 5. The standard InChI is InChI=1S/C60H86O18/c1-29-22-42-44(25-48-54(75-42)31(3)52(64)58-55(76-48)30(2)32(4)60(78-58)20-9-21-66-60)72-46-27-51-59(5,77-47(46)23-29)50(63)26-45-36(73-51)12-7-6-11-35-37(70-45)16-17-39-38(68-35)18-19-40-43(69-39)24-49-57(74-40)53(65)56-41(71-49)13-8-10-34(67-56)15-14-33(62)28-61/h6-8,10,14-19,29-58,61-65H,9,11-13,20-28H2,1-5H3/b7-6-,15-14-. The maximum absolute atomic E-state index is 12.4. The summed E-state index contributed by atoms with van der Waals surface area (Å²) in [6.07, 6.45) is 13.4. The first-order valence-corrected chi connectivity index (χ1v) is 29.9. The van der Waals surface area contributed by atoms with Crippen LogP contribution in [-0.2, 0) is 61.6 Å². The van der Waals surface area contributed by atoms with Crippen molar-refractivity contribution in [2.45, 2.75) is 275 Å². The van der Waals surface area contributed by atoms with Crippen LogP contribution in [0.1, 0.15) is 105 Å². The van der Waals surface area contributed by atoms with Crippen molar-refractivity contribution < 1.29 is 87.1 Å². The Morgan fingerprint density at radius 3 is 1.94 bits per heavy atom. The second-order valence-corrected chi connectivity index (χ2v) is 25.6. The van der Waals surface area contributed by atoms with Gasteiger partial charge in [-0.15, -0.1) is 0 Å². The van der Waals surface area contributed by atoms with E-state index in [9.17, 15) is 25.5 Å². The Bertz CT molecular complexity index is 2250. The molecule has 0 amide bonds. The molecule has 13 rings (SSSR count). The van der Waals surface area contributed by atoms with Gasteiger partial charge in [0, 0.05) is 43.9 Å². The van der Waals surface area contributed by atoms with E-state index in [1.54, 1.807) is 6.08 Å².